The highest BCUT2D eigenvalue weighted by Crippen LogP contribution is 2.36. The average molecular weight is 372 g/mol. The number of nitrogens with one attached hydrogen (secondary N) is 1. The highest BCUT2D eigenvalue weighted by molar-refractivity contribution is 7.08. The lowest BCUT2D eigenvalue weighted by Crippen LogP contribution is -2.47. The molecule has 0 radical (unpaired) electrons. The van der Waals surface area contributed by atoms with Crippen LogP contribution in [0, 0.1) is 0 Å². The van der Waals surface area contributed by atoms with Gasteiger partial charge in [0, 0.05) is 19.6 Å². The fraction of sp³-hybridized carbons (Fsp3) is 0.474. The average Bonchev–Trinajstić information content (AvgIpc) is 3.37. The standard InChI is InChI=1S/C19H24N4O2S/c1-2-6-23-15-12-22(10-9-21-7-3-4-8-21)18(24)16(15)17(20-19(23)25)14-5-11-26-13-14/h2,5,11,13,17H,1,3-4,6-10,12H2,(H,20,25). The zero-order valence-corrected chi connectivity index (χ0v) is 15.6. The first kappa shape index (κ1) is 17.3. The maximum atomic E-state index is 13.2. The lowest BCUT2D eigenvalue weighted by Gasteiger charge is -2.32. The molecule has 1 N–H and O–H groups in total. The normalized spacial score (nSPS) is 23.6. The Morgan fingerprint density at radius 2 is 2.08 bits per heavy atom. The number of nitrogens with zero attached hydrogens (tertiary/aromatic N) is 3. The summed E-state index contributed by atoms with van der Waals surface area (Å²) in [4.78, 5) is 31.7. The van der Waals surface area contributed by atoms with Gasteiger partial charge in [-0.15, -0.1) is 6.58 Å². The number of thiophene rings is 1. The molecule has 3 amide bonds. The summed E-state index contributed by atoms with van der Waals surface area (Å²) in [5.41, 5.74) is 2.52. The topological polar surface area (TPSA) is 55.9 Å². The van der Waals surface area contributed by atoms with E-state index >= 15 is 0 Å². The van der Waals surface area contributed by atoms with Crippen LogP contribution in [0.5, 0.6) is 0 Å². The van der Waals surface area contributed by atoms with Crippen LogP contribution in [0.1, 0.15) is 24.4 Å². The smallest absolute Gasteiger partial charge is 0.322 e. The molecule has 3 aliphatic heterocycles. The minimum atomic E-state index is -0.353. The molecule has 4 rings (SSSR count). The first-order chi connectivity index (χ1) is 12.7. The molecule has 138 valence electrons. The SMILES string of the molecule is C=CCN1C(=O)NC(c2ccsc2)C2=C1CN(CCN1CCCC1)C2=O. The quantitative estimate of drug-likeness (QED) is 0.779. The molecule has 6 nitrogen and oxygen atoms in total. The van der Waals surface area contributed by atoms with Gasteiger partial charge >= 0.3 is 6.03 Å². The Labute approximate surface area is 157 Å². The van der Waals surface area contributed by atoms with Crippen molar-refractivity contribution in [3.8, 4) is 0 Å². The zero-order valence-electron chi connectivity index (χ0n) is 14.8. The zero-order chi connectivity index (χ0) is 18.1. The number of rotatable bonds is 6. The summed E-state index contributed by atoms with van der Waals surface area (Å²) in [5.74, 6) is 0.0458. The second-order valence-electron chi connectivity index (χ2n) is 6.97. The lowest BCUT2D eigenvalue weighted by molar-refractivity contribution is -0.125. The number of urea groups is 1. The molecule has 0 bridgehead atoms. The Hall–Kier alpha value is -2.12. The van der Waals surface area contributed by atoms with Crippen LogP contribution in [0.3, 0.4) is 0 Å². The van der Waals surface area contributed by atoms with Crippen molar-refractivity contribution in [1.82, 2.24) is 20.0 Å². The molecular weight excluding hydrogens is 348 g/mol. The van der Waals surface area contributed by atoms with E-state index in [4.69, 9.17) is 0 Å². The molecule has 0 spiro atoms. The van der Waals surface area contributed by atoms with Gasteiger partial charge in [-0.3, -0.25) is 9.69 Å². The van der Waals surface area contributed by atoms with Crippen LogP contribution in [0.2, 0.25) is 0 Å². The third-order valence-electron chi connectivity index (χ3n) is 5.37. The Morgan fingerprint density at radius 3 is 2.77 bits per heavy atom. The molecule has 1 aromatic heterocycles. The van der Waals surface area contributed by atoms with Gasteiger partial charge in [-0.05, 0) is 48.3 Å². The molecule has 1 atom stereocenters. The van der Waals surface area contributed by atoms with Gasteiger partial charge in [-0.2, -0.15) is 11.3 Å². The van der Waals surface area contributed by atoms with Crippen molar-refractivity contribution in [2.45, 2.75) is 18.9 Å². The van der Waals surface area contributed by atoms with Gasteiger partial charge in [-0.1, -0.05) is 6.08 Å². The van der Waals surface area contributed by atoms with E-state index in [9.17, 15) is 9.59 Å². The largest absolute Gasteiger partial charge is 0.332 e. The second-order valence-corrected chi connectivity index (χ2v) is 7.75. The molecule has 26 heavy (non-hydrogen) atoms. The van der Waals surface area contributed by atoms with Gasteiger partial charge in [0.2, 0.25) is 0 Å². The van der Waals surface area contributed by atoms with Crippen LogP contribution in [0.25, 0.3) is 0 Å². The summed E-state index contributed by atoms with van der Waals surface area (Å²) in [5, 5.41) is 6.98. The van der Waals surface area contributed by atoms with Gasteiger partial charge in [0.15, 0.2) is 0 Å². The second kappa shape index (κ2) is 7.25. The maximum absolute atomic E-state index is 13.2. The Bertz CT molecular complexity index is 737. The predicted octanol–water partition coefficient (Wildman–Crippen LogP) is 2.19. The highest BCUT2D eigenvalue weighted by Gasteiger charge is 2.43. The van der Waals surface area contributed by atoms with Crippen molar-refractivity contribution in [1.29, 1.82) is 0 Å². The summed E-state index contributed by atoms with van der Waals surface area (Å²) in [6, 6.07) is 1.46. The van der Waals surface area contributed by atoms with Crippen LogP contribution >= 0.6 is 11.3 Å². The first-order valence-corrected chi connectivity index (χ1v) is 10.1. The third kappa shape index (κ3) is 3.05. The Balaban J connectivity index is 1.58. The van der Waals surface area contributed by atoms with E-state index in [2.05, 4.69) is 16.8 Å². The number of hydrogen-bond donors (Lipinski definition) is 1. The van der Waals surface area contributed by atoms with Gasteiger partial charge in [-0.25, -0.2) is 4.79 Å². The Morgan fingerprint density at radius 1 is 1.27 bits per heavy atom. The van der Waals surface area contributed by atoms with Gasteiger partial charge in [0.25, 0.3) is 5.91 Å². The van der Waals surface area contributed by atoms with Crippen LogP contribution in [0.4, 0.5) is 4.79 Å². The van der Waals surface area contributed by atoms with E-state index in [1.165, 1.54) is 12.8 Å². The van der Waals surface area contributed by atoms with Gasteiger partial charge < -0.3 is 15.1 Å². The van der Waals surface area contributed by atoms with Crippen molar-refractivity contribution >= 4 is 23.3 Å². The van der Waals surface area contributed by atoms with Crippen LogP contribution in [-0.2, 0) is 4.79 Å². The first-order valence-electron chi connectivity index (χ1n) is 9.14. The fourth-order valence-electron chi connectivity index (χ4n) is 4.01. The number of hydrogen-bond acceptors (Lipinski definition) is 4. The molecular formula is C19H24N4O2S. The van der Waals surface area contributed by atoms with Gasteiger partial charge in [0.05, 0.1) is 23.9 Å². The highest BCUT2D eigenvalue weighted by atomic mass is 32.1. The van der Waals surface area contributed by atoms with Crippen LogP contribution in [-0.4, -0.2) is 65.9 Å². The molecule has 1 unspecified atom stereocenters. The maximum Gasteiger partial charge on any atom is 0.322 e. The summed E-state index contributed by atoms with van der Waals surface area (Å²) in [6.45, 7) is 8.51. The molecule has 0 aliphatic carbocycles. The lowest BCUT2D eigenvalue weighted by atomic mass is 9.98. The minimum absolute atomic E-state index is 0.0458. The molecule has 0 aromatic carbocycles. The Kier molecular flexibility index (Phi) is 4.82. The van der Waals surface area contributed by atoms with E-state index in [0.29, 0.717) is 25.2 Å². The van der Waals surface area contributed by atoms with E-state index < -0.39 is 0 Å². The molecule has 1 aromatic rings. The molecule has 1 fully saturated rings. The fourth-order valence-corrected chi connectivity index (χ4v) is 4.69. The minimum Gasteiger partial charge on any atom is -0.332 e. The van der Waals surface area contributed by atoms with Gasteiger partial charge in [0.1, 0.15) is 0 Å². The van der Waals surface area contributed by atoms with Crippen molar-refractivity contribution in [2.75, 3.05) is 39.3 Å². The van der Waals surface area contributed by atoms with Crippen molar-refractivity contribution in [3.05, 3.63) is 46.3 Å². The molecule has 3 aliphatic rings. The van der Waals surface area contributed by atoms with E-state index in [0.717, 1.165) is 30.9 Å². The molecule has 1 saturated heterocycles. The van der Waals surface area contributed by atoms with Crippen molar-refractivity contribution in [3.63, 3.8) is 0 Å². The van der Waals surface area contributed by atoms with E-state index in [-0.39, 0.29) is 18.0 Å². The van der Waals surface area contributed by atoms with Crippen molar-refractivity contribution in [2.24, 2.45) is 0 Å². The summed E-state index contributed by atoms with van der Waals surface area (Å²) in [6.07, 6.45) is 4.19. The summed E-state index contributed by atoms with van der Waals surface area (Å²) < 4.78 is 0. The monoisotopic (exact) mass is 372 g/mol. The molecule has 7 heteroatoms. The van der Waals surface area contributed by atoms with Crippen LogP contribution in [0.15, 0.2) is 40.8 Å². The summed E-state index contributed by atoms with van der Waals surface area (Å²) >= 11 is 1.57. The summed E-state index contributed by atoms with van der Waals surface area (Å²) in [7, 11) is 0. The predicted molar refractivity (Wildman–Crippen MR) is 102 cm³/mol. The van der Waals surface area contributed by atoms with Crippen LogP contribution < -0.4 is 5.32 Å². The number of carbonyl (C=O) groups excluding carboxylic acids is 2. The molecule has 0 saturated carbocycles. The van der Waals surface area contributed by atoms with E-state index in [1.54, 1.807) is 22.3 Å². The van der Waals surface area contributed by atoms with Crippen molar-refractivity contribution < 1.29 is 9.59 Å². The molecule has 4 heterocycles. The number of likely N-dealkylation sites (tertiary alicyclic amines) is 1. The number of carbonyl (C=O) groups is 2. The van der Waals surface area contributed by atoms with E-state index in [1.807, 2.05) is 21.7 Å². The number of amides is 3. The third-order valence-corrected chi connectivity index (χ3v) is 6.07.